The smallest absolute Gasteiger partial charge is 0.0815 e. The Morgan fingerprint density at radius 2 is 1.85 bits per heavy atom. The number of nitrogens with zero attached hydrogens (tertiary/aromatic N) is 2. The van der Waals surface area contributed by atoms with Gasteiger partial charge in [0.25, 0.3) is 0 Å². The van der Waals surface area contributed by atoms with E-state index in [1.54, 1.807) is 13.8 Å². The molecule has 1 aliphatic heterocycles. The van der Waals surface area contributed by atoms with Gasteiger partial charge in [0.15, 0.2) is 0 Å². The first-order chi connectivity index (χ1) is 5.76. The molecule has 0 aromatic carbocycles. The molecular weight excluding hydrogens is 236 g/mol. The summed E-state index contributed by atoms with van der Waals surface area (Å²) in [5.41, 5.74) is -1.36. The van der Waals surface area contributed by atoms with Crippen molar-refractivity contribution in [2.24, 2.45) is 0 Å². The van der Waals surface area contributed by atoms with Gasteiger partial charge in [-0.25, -0.2) is 0 Å². The van der Waals surface area contributed by atoms with Crippen LogP contribution in [0.2, 0.25) is 0 Å². The molecule has 0 radical (unpaired) electrons. The lowest BCUT2D eigenvalue weighted by Gasteiger charge is -2.41. The summed E-state index contributed by atoms with van der Waals surface area (Å²) in [7, 11) is 0. The Balaban J connectivity index is 3.04. The Morgan fingerprint density at radius 1 is 1.38 bits per heavy atom. The van der Waals surface area contributed by atoms with Crippen LogP contribution in [-0.4, -0.2) is 37.9 Å². The van der Waals surface area contributed by atoms with Gasteiger partial charge in [0, 0.05) is 11.4 Å². The molecule has 1 unspecified atom stereocenters. The van der Waals surface area contributed by atoms with Crippen LogP contribution in [0.3, 0.4) is 0 Å². The summed E-state index contributed by atoms with van der Waals surface area (Å²) in [4.78, 5) is 0. The maximum Gasteiger partial charge on any atom is 0.0815 e. The number of halogens is 1. The fourth-order valence-electron chi connectivity index (χ4n) is 1.86. The molecule has 1 saturated heterocycles. The highest BCUT2D eigenvalue weighted by molar-refractivity contribution is 9.09. The predicted molar refractivity (Wildman–Crippen MR) is 54.6 cm³/mol. The molecule has 78 valence electrons. The van der Waals surface area contributed by atoms with Crippen LogP contribution in [0.5, 0.6) is 0 Å². The van der Waals surface area contributed by atoms with Gasteiger partial charge in [-0.05, 0) is 27.7 Å². The second kappa shape index (κ2) is 3.17. The standard InChI is InChI=1S/C8H16BrN2O2/c1-7(2)6(5-9)10(12)8(3,4)11(7)13/h6,13H,5H2,1-4H3/q-1. The topological polar surface area (TPSA) is 49.8 Å². The minimum atomic E-state index is -0.845. The van der Waals surface area contributed by atoms with Crippen LogP contribution in [0, 0.1) is 5.21 Å². The largest absolute Gasteiger partial charge is 0.784 e. The molecule has 1 heterocycles. The molecular formula is C8H16BrN2O2-. The first kappa shape index (κ1) is 11.4. The van der Waals surface area contributed by atoms with Crippen molar-refractivity contribution in [1.29, 1.82) is 0 Å². The van der Waals surface area contributed by atoms with E-state index < -0.39 is 11.2 Å². The van der Waals surface area contributed by atoms with Gasteiger partial charge in [0.1, 0.15) is 0 Å². The van der Waals surface area contributed by atoms with E-state index in [1.165, 1.54) is 0 Å². The molecule has 0 aromatic rings. The second-order valence-electron chi connectivity index (χ2n) is 4.46. The van der Waals surface area contributed by atoms with Gasteiger partial charge in [-0.1, -0.05) is 15.9 Å². The summed E-state index contributed by atoms with van der Waals surface area (Å²) in [6.07, 6.45) is 0. The molecule has 0 aliphatic carbocycles. The summed E-state index contributed by atoms with van der Waals surface area (Å²) in [6.45, 7) is 7.14. The summed E-state index contributed by atoms with van der Waals surface area (Å²) in [6, 6.07) is -0.229. The third kappa shape index (κ3) is 1.43. The van der Waals surface area contributed by atoms with Gasteiger partial charge in [-0.15, -0.1) is 0 Å². The molecule has 0 saturated carbocycles. The SMILES string of the molecule is CC1(C)C(CBr)N([O-])C(C)(C)N1O. The third-order valence-electron chi connectivity index (χ3n) is 2.85. The molecule has 0 bridgehead atoms. The van der Waals surface area contributed by atoms with Crippen molar-refractivity contribution in [2.75, 3.05) is 5.33 Å². The zero-order valence-corrected chi connectivity index (χ0v) is 10.00. The first-order valence-corrected chi connectivity index (χ1v) is 5.40. The lowest BCUT2D eigenvalue weighted by Crippen LogP contribution is -2.49. The highest BCUT2D eigenvalue weighted by Gasteiger charge is 2.52. The maximum absolute atomic E-state index is 11.8. The van der Waals surface area contributed by atoms with Crippen molar-refractivity contribution in [1.82, 2.24) is 10.1 Å². The third-order valence-corrected chi connectivity index (χ3v) is 3.46. The van der Waals surface area contributed by atoms with Crippen LogP contribution in [0.1, 0.15) is 27.7 Å². The van der Waals surface area contributed by atoms with Crippen LogP contribution in [0.4, 0.5) is 0 Å². The summed E-state index contributed by atoms with van der Waals surface area (Å²) in [5.74, 6) is 0. The quantitative estimate of drug-likeness (QED) is 0.722. The fourth-order valence-corrected chi connectivity index (χ4v) is 2.91. The number of hydroxylamine groups is 4. The summed E-state index contributed by atoms with van der Waals surface area (Å²) < 4.78 is 0. The van der Waals surface area contributed by atoms with Crippen LogP contribution in [-0.2, 0) is 0 Å². The number of alkyl halides is 1. The van der Waals surface area contributed by atoms with E-state index in [0.29, 0.717) is 5.33 Å². The van der Waals surface area contributed by atoms with Crippen molar-refractivity contribution >= 4 is 15.9 Å². The van der Waals surface area contributed by atoms with E-state index >= 15 is 0 Å². The fraction of sp³-hybridized carbons (Fsp3) is 1.00. The van der Waals surface area contributed by atoms with Crippen molar-refractivity contribution in [3.05, 3.63) is 5.21 Å². The van der Waals surface area contributed by atoms with Crippen LogP contribution in [0.15, 0.2) is 0 Å². The lowest BCUT2D eigenvalue weighted by atomic mass is 9.98. The molecule has 1 rings (SSSR count). The number of hydrogen-bond acceptors (Lipinski definition) is 4. The van der Waals surface area contributed by atoms with Gasteiger partial charge in [-0.3, -0.25) is 0 Å². The van der Waals surface area contributed by atoms with Crippen molar-refractivity contribution in [2.45, 2.75) is 44.9 Å². The molecule has 1 N–H and O–H groups in total. The van der Waals surface area contributed by atoms with Crippen LogP contribution < -0.4 is 0 Å². The van der Waals surface area contributed by atoms with Gasteiger partial charge >= 0.3 is 0 Å². The molecule has 1 fully saturated rings. The molecule has 0 aromatic heterocycles. The van der Waals surface area contributed by atoms with Gasteiger partial charge < -0.3 is 15.5 Å². The molecule has 13 heavy (non-hydrogen) atoms. The maximum atomic E-state index is 11.8. The van der Waals surface area contributed by atoms with Crippen molar-refractivity contribution in [3.8, 4) is 0 Å². The Morgan fingerprint density at radius 3 is 2.00 bits per heavy atom. The second-order valence-corrected chi connectivity index (χ2v) is 5.10. The minimum Gasteiger partial charge on any atom is -0.784 e. The minimum absolute atomic E-state index is 0.229. The predicted octanol–water partition coefficient (Wildman–Crippen LogP) is 1.77. The lowest BCUT2D eigenvalue weighted by molar-refractivity contribution is -0.206. The van der Waals surface area contributed by atoms with E-state index in [0.717, 1.165) is 10.1 Å². The highest BCUT2D eigenvalue weighted by Crippen LogP contribution is 2.40. The monoisotopic (exact) mass is 251 g/mol. The highest BCUT2D eigenvalue weighted by atomic mass is 79.9. The molecule has 5 heteroatoms. The zero-order chi connectivity index (χ0) is 10.4. The van der Waals surface area contributed by atoms with E-state index in [2.05, 4.69) is 15.9 Å². The van der Waals surface area contributed by atoms with Crippen molar-refractivity contribution < 1.29 is 5.21 Å². The van der Waals surface area contributed by atoms with E-state index in [4.69, 9.17) is 0 Å². The first-order valence-electron chi connectivity index (χ1n) is 4.28. The van der Waals surface area contributed by atoms with Gasteiger partial charge in [-0.2, -0.15) is 5.06 Å². The Labute approximate surface area is 87.2 Å². The Bertz CT molecular complexity index is 208. The molecule has 0 spiro atoms. The van der Waals surface area contributed by atoms with Gasteiger partial charge in [0.2, 0.25) is 0 Å². The molecule has 1 aliphatic rings. The zero-order valence-electron chi connectivity index (χ0n) is 8.41. The van der Waals surface area contributed by atoms with Crippen LogP contribution in [0.25, 0.3) is 0 Å². The average Bonchev–Trinajstić information content (AvgIpc) is 2.12. The molecule has 0 amide bonds. The van der Waals surface area contributed by atoms with E-state index in [9.17, 15) is 10.4 Å². The van der Waals surface area contributed by atoms with E-state index in [1.807, 2.05) is 13.8 Å². The van der Waals surface area contributed by atoms with E-state index in [-0.39, 0.29) is 6.04 Å². The summed E-state index contributed by atoms with van der Waals surface area (Å²) in [5, 5.41) is 24.2. The average molecular weight is 252 g/mol. The number of rotatable bonds is 1. The van der Waals surface area contributed by atoms with Crippen LogP contribution >= 0.6 is 15.9 Å². The van der Waals surface area contributed by atoms with Crippen molar-refractivity contribution in [3.63, 3.8) is 0 Å². The normalized spacial score (nSPS) is 33.9. The molecule has 1 atom stereocenters. The Kier molecular flexibility index (Phi) is 2.78. The summed E-state index contributed by atoms with van der Waals surface area (Å²) >= 11 is 3.29. The van der Waals surface area contributed by atoms with Gasteiger partial charge in [0.05, 0.1) is 11.2 Å². The Hall–Kier alpha value is 0.320. The number of hydrogen-bond donors (Lipinski definition) is 1. The molecule has 4 nitrogen and oxygen atoms in total.